The minimum atomic E-state index is 0.00289. The molecule has 3 unspecified atom stereocenters. The molecule has 1 aromatic rings. The Morgan fingerprint density at radius 3 is 2.90 bits per heavy atom. The molecule has 3 atom stereocenters. The highest BCUT2D eigenvalue weighted by atomic mass is 16.5. The van der Waals surface area contributed by atoms with Crippen LogP contribution < -0.4 is 0 Å². The average Bonchev–Trinajstić information content (AvgIpc) is 3.00. The topological polar surface area (TPSA) is 84.0 Å². The molecular weight excluding hydrogens is 270 g/mol. The molecule has 0 aromatic carbocycles. The molecule has 1 fully saturated rings. The Morgan fingerprint density at radius 2 is 2.24 bits per heavy atom. The number of H-pyrrole nitrogens is 1. The zero-order valence-electron chi connectivity index (χ0n) is 13.1. The molecule has 1 aromatic heterocycles. The molecule has 0 radical (unpaired) electrons. The normalized spacial score (nSPS) is 23.8. The van der Waals surface area contributed by atoms with Crippen molar-refractivity contribution in [1.82, 2.24) is 25.5 Å². The maximum Gasteiger partial charge on any atom is 0.248 e. The molecule has 118 valence electrons. The predicted octanol–water partition coefficient (Wildman–Crippen LogP) is 1.36. The lowest BCUT2D eigenvalue weighted by atomic mass is 9.88. The Bertz CT molecular complexity index is 437. The van der Waals surface area contributed by atoms with Crippen molar-refractivity contribution < 1.29 is 9.53 Å². The monoisotopic (exact) mass is 295 g/mol. The van der Waals surface area contributed by atoms with E-state index in [-0.39, 0.29) is 24.5 Å². The van der Waals surface area contributed by atoms with Crippen LogP contribution in [-0.4, -0.2) is 57.7 Å². The summed E-state index contributed by atoms with van der Waals surface area (Å²) in [5.74, 6) is 1.22. The van der Waals surface area contributed by atoms with E-state index in [1.165, 1.54) is 19.3 Å². The van der Waals surface area contributed by atoms with Crippen molar-refractivity contribution in [2.45, 2.75) is 51.6 Å². The Morgan fingerprint density at radius 1 is 1.48 bits per heavy atom. The smallest absolute Gasteiger partial charge is 0.248 e. The van der Waals surface area contributed by atoms with E-state index in [1.807, 2.05) is 6.92 Å². The molecule has 7 heteroatoms. The summed E-state index contributed by atoms with van der Waals surface area (Å²) in [5.41, 5.74) is 0. The Kier molecular flexibility index (Phi) is 5.67. The van der Waals surface area contributed by atoms with Crippen molar-refractivity contribution in [3.05, 3.63) is 5.82 Å². The van der Waals surface area contributed by atoms with Gasteiger partial charge in [0.2, 0.25) is 5.91 Å². The van der Waals surface area contributed by atoms with Crippen molar-refractivity contribution in [3.63, 3.8) is 0 Å². The fraction of sp³-hybridized carbons (Fsp3) is 0.857. The quantitative estimate of drug-likeness (QED) is 0.856. The van der Waals surface area contributed by atoms with Crippen LogP contribution in [0.5, 0.6) is 0 Å². The van der Waals surface area contributed by atoms with E-state index in [1.54, 1.807) is 11.9 Å². The summed E-state index contributed by atoms with van der Waals surface area (Å²) in [6.45, 7) is 4.89. The van der Waals surface area contributed by atoms with Gasteiger partial charge in [-0.1, -0.05) is 31.9 Å². The summed E-state index contributed by atoms with van der Waals surface area (Å²) < 4.78 is 5.81. The molecule has 7 nitrogen and oxygen atoms in total. The molecule has 0 bridgehead atoms. The first-order valence-corrected chi connectivity index (χ1v) is 7.66. The third-order valence-corrected chi connectivity index (χ3v) is 4.23. The third-order valence-electron chi connectivity index (χ3n) is 4.23. The molecule has 1 heterocycles. The Hall–Kier alpha value is -1.50. The summed E-state index contributed by atoms with van der Waals surface area (Å²) >= 11 is 0. The highest BCUT2D eigenvalue weighted by molar-refractivity contribution is 5.77. The third kappa shape index (κ3) is 4.49. The van der Waals surface area contributed by atoms with Gasteiger partial charge in [-0.3, -0.25) is 4.79 Å². The molecule has 0 saturated heterocycles. The van der Waals surface area contributed by atoms with Crippen LogP contribution in [0.25, 0.3) is 0 Å². The molecule has 0 aliphatic heterocycles. The second kappa shape index (κ2) is 7.49. The number of ether oxygens (including phenoxy) is 1. The molecule has 2 rings (SSSR count). The van der Waals surface area contributed by atoms with Crippen LogP contribution in [0.15, 0.2) is 0 Å². The van der Waals surface area contributed by atoms with Crippen LogP contribution in [0.1, 0.15) is 51.3 Å². The Balaban J connectivity index is 1.74. The first-order chi connectivity index (χ1) is 10.1. The lowest BCUT2D eigenvalue weighted by Crippen LogP contribution is -2.36. The average molecular weight is 295 g/mol. The first kappa shape index (κ1) is 15.9. The number of carbonyl (C=O) groups is 1. The number of nitrogens with one attached hydrogen (secondary N) is 1. The molecule has 1 saturated carbocycles. The van der Waals surface area contributed by atoms with Gasteiger partial charge in [-0.05, 0) is 18.8 Å². The lowest BCUT2D eigenvalue weighted by Gasteiger charge is -2.29. The molecular formula is C14H25N5O2. The van der Waals surface area contributed by atoms with Crippen LogP contribution in [-0.2, 0) is 9.53 Å². The number of likely N-dealkylation sites (N-methyl/N-ethyl adjacent to an activating group) is 1. The number of tetrazole rings is 1. The standard InChI is InChI=1S/C14H25N5O2/c1-10-6-4-5-7-12(10)21-9-13(20)19(3)8-11(2)14-15-17-18-16-14/h10-12H,4-9H2,1-3H3,(H,15,16,17,18). The highest BCUT2D eigenvalue weighted by Crippen LogP contribution is 2.26. The Labute approximate surface area is 125 Å². The van der Waals surface area contributed by atoms with Crippen LogP contribution in [0.4, 0.5) is 0 Å². The second-order valence-electron chi connectivity index (χ2n) is 6.06. The van der Waals surface area contributed by atoms with E-state index in [2.05, 4.69) is 27.5 Å². The number of aromatic amines is 1. The predicted molar refractivity (Wildman–Crippen MR) is 77.6 cm³/mol. The zero-order chi connectivity index (χ0) is 15.2. The number of rotatable bonds is 6. The number of amides is 1. The minimum Gasteiger partial charge on any atom is -0.368 e. The van der Waals surface area contributed by atoms with Crippen molar-refractivity contribution in [1.29, 1.82) is 0 Å². The molecule has 1 amide bonds. The zero-order valence-corrected chi connectivity index (χ0v) is 13.1. The van der Waals surface area contributed by atoms with Crippen molar-refractivity contribution in [2.24, 2.45) is 5.92 Å². The van der Waals surface area contributed by atoms with Gasteiger partial charge in [0.1, 0.15) is 6.61 Å². The molecule has 0 spiro atoms. The van der Waals surface area contributed by atoms with E-state index < -0.39 is 0 Å². The highest BCUT2D eigenvalue weighted by Gasteiger charge is 2.24. The largest absolute Gasteiger partial charge is 0.368 e. The van der Waals surface area contributed by atoms with Gasteiger partial charge in [-0.15, -0.1) is 10.2 Å². The summed E-state index contributed by atoms with van der Waals surface area (Å²) in [4.78, 5) is 13.8. The number of nitrogens with zero attached hydrogens (tertiary/aromatic N) is 4. The van der Waals surface area contributed by atoms with E-state index in [9.17, 15) is 4.79 Å². The number of aromatic nitrogens is 4. The summed E-state index contributed by atoms with van der Waals surface area (Å²) in [5, 5.41) is 13.8. The van der Waals surface area contributed by atoms with Crippen LogP contribution in [0.2, 0.25) is 0 Å². The fourth-order valence-corrected chi connectivity index (χ4v) is 2.79. The maximum absolute atomic E-state index is 12.1. The maximum atomic E-state index is 12.1. The van der Waals surface area contributed by atoms with E-state index in [0.717, 1.165) is 6.42 Å². The second-order valence-corrected chi connectivity index (χ2v) is 6.06. The number of hydrogen-bond acceptors (Lipinski definition) is 5. The van der Waals surface area contributed by atoms with E-state index >= 15 is 0 Å². The van der Waals surface area contributed by atoms with Crippen LogP contribution >= 0.6 is 0 Å². The van der Waals surface area contributed by atoms with Crippen molar-refractivity contribution in [2.75, 3.05) is 20.2 Å². The van der Waals surface area contributed by atoms with Crippen molar-refractivity contribution >= 4 is 5.91 Å². The summed E-state index contributed by atoms with van der Waals surface area (Å²) in [7, 11) is 1.78. The SMILES string of the molecule is CC(CN(C)C(=O)COC1CCCCC1C)c1nn[nH]n1. The molecule has 1 N–H and O–H groups in total. The van der Waals surface area contributed by atoms with Gasteiger partial charge in [0.25, 0.3) is 0 Å². The van der Waals surface area contributed by atoms with Gasteiger partial charge in [-0.25, -0.2) is 0 Å². The van der Waals surface area contributed by atoms with Gasteiger partial charge < -0.3 is 9.64 Å². The van der Waals surface area contributed by atoms with Gasteiger partial charge in [0, 0.05) is 19.5 Å². The summed E-state index contributed by atoms with van der Waals surface area (Å²) in [6, 6.07) is 0. The number of hydrogen-bond donors (Lipinski definition) is 1. The molecule has 1 aliphatic carbocycles. The van der Waals surface area contributed by atoms with Gasteiger partial charge >= 0.3 is 0 Å². The van der Waals surface area contributed by atoms with Crippen LogP contribution in [0, 0.1) is 5.92 Å². The number of carbonyl (C=O) groups excluding carboxylic acids is 1. The lowest BCUT2D eigenvalue weighted by molar-refractivity contribution is -0.139. The van der Waals surface area contributed by atoms with Crippen LogP contribution in [0.3, 0.4) is 0 Å². The van der Waals surface area contributed by atoms with E-state index in [0.29, 0.717) is 18.3 Å². The molecule has 21 heavy (non-hydrogen) atoms. The minimum absolute atomic E-state index is 0.00289. The fourth-order valence-electron chi connectivity index (χ4n) is 2.79. The molecule has 1 aliphatic rings. The van der Waals surface area contributed by atoms with Gasteiger partial charge in [0.05, 0.1) is 6.10 Å². The van der Waals surface area contributed by atoms with Crippen molar-refractivity contribution in [3.8, 4) is 0 Å². The van der Waals surface area contributed by atoms with Gasteiger partial charge in [0.15, 0.2) is 5.82 Å². The van der Waals surface area contributed by atoms with Gasteiger partial charge in [-0.2, -0.15) is 5.21 Å². The summed E-state index contributed by atoms with van der Waals surface area (Å²) in [6.07, 6.45) is 4.97. The van der Waals surface area contributed by atoms with E-state index in [4.69, 9.17) is 4.74 Å². The first-order valence-electron chi connectivity index (χ1n) is 7.66.